The number of imidazole rings is 2. The maximum Gasteiger partial charge on any atom is 0.178 e. The van der Waals surface area contributed by atoms with Crippen LogP contribution in [0.15, 0.2) is 24.4 Å². The molecule has 2 heterocycles. The second-order valence-electron chi connectivity index (χ2n) is 5.39. The predicted molar refractivity (Wildman–Crippen MR) is 105 cm³/mol. The van der Waals surface area contributed by atoms with Gasteiger partial charge in [-0.3, -0.25) is 4.79 Å². The molecule has 25 heavy (non-hydrogen) atoms. The van der Waals surface area contributed by atoms with Crippen LogP contribution in [0.2, 0.25) is 0 Å². The summed E-state index contributed by atoms with van der Waals surface area (Å²) in [5.41, 5.74) is 2.32. The van der Waals surface area contributed by atoms with Gasteiger partial charge in [0.15, 0.2) is 17.4 Å². The minimum Gasteiger partial charge on any atom is -0.372 e. The Morgan fingerprint density at radius 3 is 2.40 bits per heavy atom. The van der Waals surface area contributed by atoms with E-state index in [0.29, 0.717) is 11.4 Å². The Morgan fingerprint density at radius 2 is 1.88 bits per heavy atom. The summed E-state index contributed by atoms with van der Waals surface area (Å²) in [4.78, 5) is 23.6. The molecule has 0 bridgehead atoms. The number of ketones is 1. The summed E-state index contributed by atoms with van der Waals surface area (Å²) in [6.07, 6.45) is 3.14. The highest BCUT2D eigenvalue weighted by molar-refractivity contribution is 5.97. The first kappa shape index (κ1) is 20.4. The number of aryl methyl sites for hydroxylation is 1. The van der Waals surface area contributed by atoms with Gasteiger partial charge in [0.2, 0.25) is 0 Å². The van der Waals surface area contributed by atoms with Crippen molar-refractivity contribution in [3.8, 4) is 11.6 Å². The lowest BCUT2D eigenvalue weighted by Crippen LogP contribution is -1.92. The van der Waals surface area contributed by atoms with Gasteiger partial charge in [0.05, 0.1) is 11.0 Å². The van der Waals surface area contributed by atoms with Crippen LogP contribution < -0.4 is 5.32 Å². The number of nitrogens with zero attached hydrogens (tertiary/aromatic N) is 3. The average molecular weight is 343 g/mol. The van der Waals surface area contributed by atoms with Crippen LogP contribution in [0, 0.1) is 0 Å². The first-order valence-corrected chi connectivity index (χ1v) is 8.72. The quantitative estimate of drug-likeness (QED) is 0.679. The maximum atomic E-state index is 11.4. The van der Waals surface area contributed by atoms with Crippen molar-refractivity contribution in [1.29, 1.82) is 0 Å². The van der Waals surface area contributed by atoms with Crippen molar-refractivity contribution in [2.45, 2.75) is 41.0 Å². The van der Waals surface area contributed by atoms with Crippen LogP contribution in [0.1, 0.15) is 51.4 Å². The number of aromatic amines is 1. The summed E-state index contributed by atoms with van der Waals surface area (Å²) < 4.78 is 1.90. The normalized spacial score (nSPS) is 9.72. The molecule has 6 nitrogen and oxygen atoms in total. The van der Waals surface area contributed by atoms with Gasteiger partial charge in [0, 0.05) is 25.9 Å². The highest BCUT2D eigenvalue weighted by atomic mass is 16.1. The fourth-order valence-electron chi connectivity index (χ4n) is 2.14. The van der Waals surface area contributed by atoms with Crippen molar-refractivity contribution in [1.82, 2.24) is 19.5 Å². The summed E-state index contributed by atoms with van der Waals surface area (Å²) in [7, 11) is 3.74. The Kier molecular flexibility index (Phi) is 7.85. The molecule has 0 spiro atoms. The Hall–Kier alpha value is -2.63. The molecule has 0 aliphatic heterocycles. The van der Waals surface area contributed by atoms with Crippen LogP contribution in [0.5, 0.6) is 0 Å². The second-order valence-corrected chi connectivity index (χ2v) is 5.39. The topological polar surface area (TPSA) is 75.6 Å². The van der Waals surface area contributed by atoms with Gasteiger partial charge >= 0.3 is 0 Å². The number of carbonyl (C=O) groups excluding carboxylic acids is 1. The van der Waals surface area contributed by atoms with E-state index in [1.807, 2.05) is 50.8 Å². The van der Waals surface area contributed by atoms with E-state index < -0.39 is 0 Å². The molecule has 136 valence electrons. The van der Waals surface area contributed by atoms with Gasteiger partial charge in [0.1, 0.15) is 5.82 Å². The molecule has 0 unspecified atom stereocenters. The van der Waals surface area contributed by atoms with Crippen molar-refractivity contribution in [2.24, 2.45) is 7.05 Å². The molecule has 1 aromatic carbocycles. The number of nitrogens with one attached hydrogen (secondary N) is 2. The first-order valence-electron chi connectivity index (χ1n) is 8.72. The van der Waals surface area contributed by atoms with Crippen molar-refractivity contribution in [2.75, 3.05) is 12.4 Å². The Labute approximate surface area is 149 Å². The van der Waals surface area contributed by atoms with E-state index in [9.17, 15) is 4.79 Å². The molecule has 2 N–H and O–H groups in total. The van der Waals surface area contributed by atoms with Gasteiger partial charge in [-0.05, 0) is 25.1 Å². The number of Topliss-reactive ketones (excluding diaryl/α,β-unsaturated/α-hetero) is 1. The zero-order valence-electron chi connectivity index (χ0n) is 16.3. The number of benzene rings is 1. The highest BCUT2D eigenvalue weighted by Gasteiger charge is 2.12. The van der Waals surface area contributed by atoms with Gasteiger partial charge < -0.3 is 14.9 Å². The van der Waals surface area contributed by atoms with Crippen LogP contribution in [-0.4, -0.2) is 32.3 Å². The van der Waals surface area contributed by atoms with E-state index in [1.54, 1.807) is 13.0 Å². The Bertz CT molecular complexity index is 816. The number of fused-ring (bicyclic) bond motifs is 1. The molecule has 2 aromatic heterocycles. The smallest absolute Gasteiger partial charge is 0.178 e. The predicted octanol–water partition coefficient (Wildman–Crippen LogP) is 4.65. The van der Waals surface area contributed by atoms with Crippen LogP contribution in [-0.2, 0) is 7.05 Å². The summed E-state index contributed by atoms with van der Waals surface area (Å²) in [6, 6.07) is 5.44. The molecule has 0 amide bonds. The SMILES string of the molecule is CC.CCC.CNc1cn(C)c(-c2nc3ccc(C(C)=O)cc3[nH]2)n1. The van der Waals surface area contributed by atoms with Gasteiger partial charge in [-0.2, -0.15) is 0 Å². The Balaban J connectivity index is 0.000000567. The van der Waals surface area contributed by atoms with Crippen LogP contribution in [0.25, 0.3) is 22.7 Å². The summed E-state index contributed by atoms with van der Waals surface area (Å²) in [5.74, 6) is 2.25. The van der Waals surface area contributed by atoms with E-state index in [1.165, 1.54) is 6.42 Å². The monoisotopic (exact) mass is 343 g/mol. The third-order valence-corrected chi connectivity index (χ3v) is 3.23. The van der Waals surface area contributed by atoms with Crippen molar-refractivity contribution in [3.05, 3.63) is 30.0 Å². The standard InChI is InChI=1S/C14H15N5O.C3H8.C2H6/c1-8(20)9-4-5-10-11(6-9)17-13(16-10)14-18-12(15-2)7-19(14)3;1-3-2;1-2/h4-7,15H,1-3H3,(H,16,17);3H2,1-2H3;1-2H3. The molecule has 0 aliphatic rings. The van der Waals surface area contributed by atoms with Gasteiger partial charge in [-0.15, -0.1) is 0 Å². The number of aromatic nitrogens is 4. The Morgan fingerprint density at radius 1 is 1.24 bits per heavy atom. The van der Waals surface area contributed by atoms with E-state index in [4.69, 9.17) is 0 Å². The maximum absolute atomic E-state index is 11.4. The van der Waals surface area contributed by atoms with Crippen molar-refractivity contribution >= 4 is 22.6 Å². The molecular weight excluding hydrogens is 314 g/mol. The number of anilines is 1. The van der Waals surface area contributed by atoms with Gasteiger partial charge in [-0.1, -0.05) is 34.1 Å². The molecular formula is C19H29N5O. The second kappa shape index (κ2) is 9.61. The van der Waals surface area contributed by atoms with Crippen molar-refractivity contribution in [3.63, 3.8) is 0 Å². The third-order valence-electron chi connectivity index (χ3n) is 3.23. The van der Waals surface area contributed by atoms with E-state index in [0.717, 1.165) is 22.7 Å². The minimum atomic E-state index is 0.0394. The van der Waals surface area contributed by atoms with E-state index in [2.05, 4.69) is 34.1 Å². The lowest BCUT2D eigenvalue weighted by molar-refractivity contribution is 0.101. The molecule has 3 rings (SSSR count). The molecule has 0 atom stereocenters. The fourth-order valence-corrected chi connectivity index (χ4v) is 2.14. The lowest BCUT2D eigenvalue weighted by atomic mass is 10.1. The van der Waals surface area contributed by atoms with Crippen LogP contribution in [0.4, 0.5) is 5.82 Å². The molecule has 6 heteroatoms. The number of H-pyrrole nitrogens is 1. The molecule has 0 aliphatic carbocycles. The first-order chi connectivity index (χ1) is 12.0. The average Bonchev–Trinajstić information content (AvgIpc) is 3.19. The van der Waals surface area contributed by atoms with Crippen LogP contribution in [0.3, 0.4) is 0 Å². The largest absolute Gasteiger partial charge is 0.372 e. The van der Waals surface area contributed by atoms with E-state index >= 15 is 0 Å². The zero-order chi connectivity index (χ0) is 19.0. The summed E-state index contributed by atoms with van der Waals surface area (Å²) in [5, 5.41) is 3.00. The molecule has 0 saturated carbocycles. The number of rotatable bonds is 3. The zero-order valence-corrected chi connectivity index (χ0v) is 16.3. The van der Waals surface area contributed by atoms with Gasteiger partial charge in [-0.25, -0.2) is 9.97 Å². The number of hydrogen-bond acceptors (Lipinski definition) is 4. The van der Waals surface area contributed by atoms with Gasteiger partial charge in [0.25, 0.3) is 0 Å². The summed E-state index contributed by atoms with van der Waals surface area (Å²) >= 11 is 0. The molecule has 3 aromatic rings. The number of carbonyl (C=O) groups is 1. The van der Waals surface area contributed by atoms with Crippen LogP contribution >= 0.6 is 0 Å². The molecule has 0 radical (unpaired) electrons. The highest BCUT2D eigenvalue weighted by Crippen LogP contribution is 2.21. The summed E-state index contributed by atoms with van der Waals surface area (Å²) in [6.45, 7) is 9.80. The lowest BCUT2D eigenvalue weighted by Gasteiger charge is -1.95. The van der Waals surface area contributed by atoms with Crippen molar-refractivity contribution < 1.29 is 4.79 Å². The number of hydrogen-bond donors (Lipinski definition) is 2. The minimum absolute atomic E-state index is 0.0394. The molecule has 0 fully saturated rings. The van der Waals surface area contributed by atoms with E-state index in [-0.39, 0.29) is 5.78 Å². The fraction of sp³-hybridized carbons (Fsp3) is 0.421. The third kappa shape index (κ3) is 4.92. The molecule has 0 saturated heterocycles.